The third-order valence-electron chi connectivity index (χ3n) is 5.71. The fraction of sp³-hybridized carbons (Fsp3) is 0.214. The number of rotatable bonds is 7. The lowest BCUT2D eigenvalue weighted by Crippen LogP contribution is -2.25. The summed E-state index contributed by atoms with van der Waals surface area (Å²) in [7, 11) is 1.56. The second-order valence-electron chi connectivity index (χ2n) is 8.62. The molecule has 0 spiro atoms. The average Bonchev–Trinajstić information content (AvgIpc) is 3.22. The Morgan fingerprint density at radius 2 is 1.62 bits per heavy atom. The van der Waals surface area contributed by atoms with E-state index in [2.05, 4.69) is 24.5 Å². The van der Waals surface area contributed by atoms with Gasteiger partial charge in [0.05, 0.1) is 5.56 Å². The van der Waals surface area contributed by atoms with Crippen LogP contribution in [0.15, 0.2) is 71.1 Å². The first-order chi connectivity index (χ1) is 16.4. The molecule has 1 heterocycles. The molecule has 2 amide bonds. The van der Waals surface area contributed by atoms with Gasteiger partial charge >= 0.3 is 0 Å². The van der Waals surface area contributed by atoms with Crippen LogP contribution in [0.25, 0.3) is 33.4 Å². The van der Waals surface area contributed by atoms with Crippen LogP contribution in [0.5, 0.6) is 0 Å². The second-order valence-corrected chi connectivity index (χ2v) is 8.62. The summed E-state index contributed by atoms with van der Waals surface area (Å²) < 4.78 is 19.4. The van der Waals surface area contributed by atoms with E-state index in [1.165, 1.54) is 12.1 Å². The summed E-state index contributed by atoms with van der Waals surface area (Å²) in [6.45, 7) is 4.87. The molecular formula is C28H27FN2O3. The molecule has 3 aromatic carbocycles. The molecule has 0 atom stereocenters. The van der Waals surface area contributed by atoms with Gasteiger partial charge in [0.25, 0.3) is 11.8 Å². The first-order valence-electron chi connectivity index (χ1n) is 11.3. The Balaban J connectivity index is 1.73. The Morgan fingerprint density at radius 3 is 2.32 bits per heavy atom. The minimum atomic E-state index is -0.364. The number of benzene rings is 3. The van der Waals surface area contributed by atoms with Gasteiger partial charge in [-0.2, -0.15) is 0 Å². The fourth-order valence-electron chi connectivity index (χ4n) is 3.85. The highest BCUT2D eigenvalue weighted by Gasteiger charge is 2.22. The van der Waals surface area contributed by atoms with Gasteiger partial charge in [0.2, 0.25) is 0 Å². The summed E-state index contributed by atoms with van der Waals surface area (Å²) in [6.07, 6.45) is 0.918. The van der Waals surface area contributed by atoms with Crippen molar-refractivity contribution in [2.75, 3.05) is 13.6 Å². The van der Waals surface area contributed by atoms with Gasteiger partial charge in [-0.05, 0) is 72.0 Å². The van der Waals surface area contributed by atoms with Gasteiger partial charge in [0.15, 0.2) is 0 Å². The Kier molecular flexibility index (Phi) is 6.77. The van der Waals surface area contributed by atoms with Crippen LogP contribution in [0.4, 0.5) is 4.39 Å². The molecule has 4 rings (SSSR count). The quantitative estimate of drug-likeness (QED) is 0.355. The maximum atomic E-state index is 13.4. The van der Waals surface area contributed by atoms with Crippen molar-refractivity contribution in [1.82, 2.24) is 10.6 Å². The zero-order chi connectivity index (χ0) is 24.2. The van der Waals surface area contributed by atoms with E-state index in [4.69, 9.17) is 4.42 Å². The number of amides is 2. The van der Waals surface area contributed by atoms with Crippen LogP contribution in [0, 0.1) is 11.7 Å². The lowest BCUT2D eigenvalue weighted by molar-refractivity contribution is 0.0948. The Morgan fingerprint density at radius 1 is 0.912 bits per heavy atom. The molecule has 0 aliphatic rings. The van der Waals surface area contributed by atoms with Crippen LogP contribution in [0.3, 0.4) is 0 Å². The zero-order valence-electron chi connectivity index (χ0n) is 19.4. The molecule has 1 aromatic heterocycles. The van der Waals surface area contributed by atoms with Crippen LogP contribution < -0.4 is 10.6 Å². The number of nitrogens with one attached hydrogen (secondary N) is 2. The van der Waals surface area contributed by atoms with Gasteiger partial charge in [-0.25, -0.2) is 4.39 Å². The first-order valence-corrected chi connectivity index (χ1v) is 11.3. The molecule has 0 radical (unpaired) electrons. The van der Waals surface area contributed by atoms with Crippen molar-refractivity contribution in [2.45, 2.75) is 20.3 Å². The Labute approximate surface area is 198 Å². The molecule has 0 bridgehead atoms. The number of carbonyl (C=O) groups is 2. The van der Waals surface area contributed by atoms with Gasteiger partial charge in [-0.3, -0.25) is 9.59 Å². The predicted molar refractivity (Wildman–Crippen MR) is 132 cm³/mol. The van der Waals surface area contributed by atoms with E-state index in [0.717, 1.165) is 17.5 Å². The Bertz CT molecular complexity index is 1340. The maximum Gasteiger partial charge on any atom is 0.255 e. The third-order valence-corrected chi connectivity index (χ3v) is 5.71. The predicted octanol–water partition coefficient (Wildman–Crippen LogP) is 6.04. The molecule has 0 fully saturated rings. The first kappa shape index (κ1) is 23.2. The summed E-state index contributed by atoms with van der Waals surface area (Å²) in [5.74, 6) is 0.120. The summed E-state index contributed by atoms with van der Waals surface area (Å²) in [5.41, 5.74) is 3.81. The van der Waals surface area contributed by atoms with Crippen molar-refractivity contribution in [3.05, 3.63) is 83.7 Å². The van der Waals surface area contributed by atoms with E-state index in [1.54, 1.807) is 31.3 Å². The lowest BCUT2D eigenvalue weighted by Gasteiger charge is -2.09. The van der Waals surface area contributed by atoms with Crippen molar-refractivity contribution in [3.8, 4) is 22.5 Å². The molecule has 0 saturated heterocycles. The number of carbonyl (C=O) groups excluding carboxylic acids is 2. The van der Waals surface area contributed by atoms with Crippen molar-refractivity contribution in [2.24, 2.45) is 5.92 Å². The topological polar surface area (TPSA) is 71.3 Å². The van der Waals surface area contributed by atoms with Crippen LogP contribution in [-0.4, -0.2) is 25.4 Å². The Hall–Kier alpha value is -3.93. The molecule has 0 saturated carbocycles. The van der Waals surface area contributed by atoms with E-state index in [-0.39, 0.29) is 17.6 Å². The molecule has 6 heteroatoms. The van der Waals surface area contributed by atoms with Crippen LogP contribution in [-0.2, 0) is 0 Å². The van der Waals surface area contributed by atoms with E-state index in [1.807, 2.05) is 30.3 Å². The zero-order valence-corrected chi connectivity index (χ0v) is 19.4. The van der Waals surface area contributed by atoms with E-state index in [0.29, 0.717) is 45.9 Å². The molecule has 2 N–H and O–H groups in total. The van der Waals surface area contributed by atoms with Gasteiger partial charge in [-0.15, -0.1) is 0 Å². The molecule has 0 aliphatic heterocycles. The highest BCUT2D eigenvalue weighted by molar-refractivity contribution is 6.11. The minimum Gasteiger partial charge on any atom is -0.455 e. The number of hydrogen-bond donors (Lipinski definition) is 2. The van der Waals surface area contributed by atoms with Crippen molar-refractivity contribution in [3.63, 3.8) is 0 Å². The minimum absolute atomic E-state index is 0.114. The highest BCUT2D eigenvalue weighted by Crippen LogP contribution is 2.36. The molecular weight excluding hydrogens is 431 g/mol. The van der Waals surface area contributed by atoms with Crippen molar-refractivity contribution in [1.29, 1.82) is 0 Å². The molecule has 34 heavy (non-hydrogen) atoms. The molecule has 0 aliphatic carbocycles. The molecule has 5 nitrogen and oxygen atoms in total. The van der Waals surface area contributed by atoms with E-state index >= 15 is 0 Å². The smallest absolute Gasteiger partial charge is 0.255 e. The molecule has 174 valence electrons. The van der Waals surface area contributed by atoms with Gasteiger partial charge in [-0.1, -0.05) is 32.0 Å². The number of halogens is 1. The largest absolute Gasteiger partial charge is 0.455 e. The average molecular weight is 459 g/mol. The van der Waals surface area contributed by atoms with Crippen molar-refractivity contribution < 1.29 is 18.4 Å². The summed E-state index contributed by atoms with van der Waals surface area (Å²) in [5, 5.41) is 6.27. The monoisotopic (exact) mass is 458 g/mol. The summed E-state index contributed by atoms with van der Waals surface area (Å²) in [6, 6.07) is 18.8. The van der Waals surface area contributed by atoms with E-state index < -0.39 is 0 Å². The normalized spacial score (nSPS) is 11.1. The fourth-order valence-corrected chi connectivity index (χ4v) is 3.85. The number of furan rings is 1. The lowest BCUT2D eigenvalue weighted by atomic mass is 9.99. The van der Waals surface area contributed by atoms with E-state index in [9.17, 15) is 14.0 Å². The molecule has 0 unspecified atom stereocenters. The number of fused-ring (bicyclic) bond motifs is 1. The maximum absolute atomic E-state index is 13.4. The second kappa shape index (κ2) is 9.91. The number of hydrogen-bond acceptors (Lipinski definition) is 3. The third kappa shape index (κ3) is 4.86. The highest BCUT2D eigenvalue weighted by atomic mass is 19.1. The van der Waals surface area contributed by atoms with Crippen LogP contribution in [0.2, 0.25) is 0 Å². The SMILES string of the molecule is CNC(=O)c1c(-c2ccc(F)cc2)oc2ccc(-c3cccc(C(=O)NCCC(C)C)c3)cc12. The van der Waals surface area contributed by atoms with Crippen LogP contribution >= 0.6 is 0 Å². The van der Waals surface area contributed by atoms with Crippen molar-refractivity contribution >= 4 is 22.8 Å². The standard InChI is InChI=1S/C28H27FN2O3/c1-17(2)13-14-31-27(32)21-6-4-5-19(15-21)20-9-12-24-23(16-20)25(28(33)30-3)26(34-24)18-7-10-22(29)11-8-18/h4-12,15-17H,13-14H2,1-3H3,(H,30,33)(H,31,32). The van der Waals surface area contributed by atoms with Gasteiger partial charge in [0.1, 0.15) is 17.2 Å². The van der Waals surface area contributed by atoms with Crippen LogP contribution in [0.1, 0.15) is 41.0 Å². The van der Waals surface area contributed by atoms with Gasteiger partial charge in [0, 0.05) is 30.1 Å². The molecule has 4 aromatic rings. The summed E-state index contributed by atoms with van der Waals surface area (Å²) in [4.78, 5) is 25.4. The summed E-state index contributed by atoms with van der Waals surface area (Å²) >= 11 is 0. The van der Waals surface area contributed by atoms with Gasteiger partial charge < -0.3 is 15.1 Å².